The minimum atomic E-state index is -0.796. The SMILES string of the molecule is Fc1ccc(SCCCNc2ccccc2)cc1F. The van der Waals surface area contributed by atoms with Crippen LogP contribution < -0.4 is 5.32 Å². The van der Waals surface area contributed by atoms with E-state index in [4.69, 9.17) is 0 Å². The van der Waals surface area contributed by atoms with Gasteiger partial charge < -0.3 is 5.32 Å². The zero-order valence-electron chi connectivity index (χ0n) is 10.4. The number of nitrogens with one attached hydrogen (secondary N) is 1. The molecule has 0 aromatic heterocycles. The molecule has 4 heteroatoms. The van der Waals surface area contributed by atoms with Crippen molar-refractivity contribution in [3.63, 3.8) is 0 Å². The summed E-state index contributed by atoms with van der Waals surface area (Å²) in [6.07, 6.45) is 0.957. The summed E-state index contributed by atoms with van der Waals surface area (Å²) in [5.41, 5.74) is 1.10. The van der Waals surface area contributed by atoms with Crippen molar-refractivity contribution in [3.8, 4) is 0 Å². The molecule has 0 amide bonds. The molecule has 0 saturated carbocycles. The number of hydrogen-bond acceptors (Lipinski definition) is 2. The second kappa shape index (κ2) is 7.14. The summed E-state index contributed by atoms with van der Waals surface area (Å²) in [4.78, 5) is 0.763. The standard InChI is InChI=1S/C15H15F2NS/c16-14-8-7-13(11-15(14)17)19-10-4-9-18-12-5-2-1-3-6-12/h1-3,5-8,11,18H,4,9-10H2. The average Bonchev–Trinajstić information content (AvgIpc) is 2.43. The van der Waals surface area contributed by atoms with E-state index in [1.807, 2.05) is 30.3 Å². The molecule has 1 N–H and O–H groups in total. The minimum absolute atomic E-state index is 0.763. The second-order valence-corrected chi connectivity index (χ2v) is 5.24. The summed E-state index contributed by atoms with van der Waals surface area (Å²) in [6.45, 7) is 0.862. The average molecular weight is 279 g/mol. The zero-order valence-corrected chi connectivity index (χ0v) is 11.2. The first-order valence-electron chi connectivity index (χ1n) is 6.12. The Morgan fingerprint density at radius 2 is 1.74 bits per heavy atom. The monoisotopic (exact) mass is 279 g/mol. The van der Waals surface area contributed by atoms with Gasteiger partial charge >= 0.3 is 0 Å². The van der Waals surface area contributed by atoms with Crippen LogP contribution in [0.4, 0.5) is 14.5 Å². The van der Waals surface area contributed by atoms with Crippen molar-refractivity contribution in [2.24, 2.45) is 0 Å². The van der Waals surface area contributed by atoms with Gasteiger partial charge in [0, 0.05) is 17.1 Å². The van der Waals surface area contributed by atoms with Crippen molar-refractivity contribution in [2.45, 2.75) is 11.3 Å². The molecule has 19 heavy (non-hydrogen) atoms. The van der Waals surface area contributed by atoms with Crippen molar-refractivity contribution >= 4 is 17.4 Å². The molecule has 100 valence electrons. The van der Waals surface area contributed by atoms with Crippen LogP contribution in [0.5, 0.6) is 0 Å². The summed E-state index contributed by atoms with van der Waals surface area (Å²) in [6, 6.07) is 14.0. The molecule has 0 bridgehead atoms. The number of benzene rings is 2. The Morgan fingerprint density at radius 3 is 2.47 bits per heavy atom. The van der Waals surface area contributed by atoms with E-state index in [-0.39, 0.29) is 0 Å². The Morgan fingerprint density at radius 1 is 0.947 bits per heavy atom. The van der Waals surface area contributed by atoms with E-state index >= 15 is 0 Å². The van der Waals surface area contributed by atoms with Gasteiger partial charge in [0.05, 0.1) is 0 Å². The molecule has 0 aliphatic rings. The van der Waals surface area contributed by atoms with E-state index in [2.05, 4.69) is 5.32 Å². The second-order valence-electron chi connectivity index (χ2n) is 4.07. The Balaban J connectivity index is 1.68. The van der Waals surface area contributed by atoms with Crippen LogP contribution >= 0.6 is 11.8 Å². The molecule has 0 aliphatic carbocycles. The molecule has 0 fully saturated rings. The smallest absolute Gasteiger partial charge is 0.159 e. The predicted octanol–water partition coefficient (Wildman–Crippen LogP) is 4.56. The van der Waals surface area contributed by atoms with Gasteiger partial charge in [-0.25, -0.2) is 8.78 Å². The third-order valence-electron chi connectivity index (χ3n) is 2.58. The normalized spacial score (nSPS) is 10.4. The Labute approximate surface area is 116 Å². The third kappa shape index (κ3) is 4.56. The maximum Gasteiger partial charge on any atom is 0.159 e. The maximum atomic E-state index is 13.0. The molecule has 0 spiro atoms. The van der Waals surface area contributed by atoms with Crippen LogP contribution in [0.2, 0.25) is 0 Å². The van der Waals surface area contributed by atoms with Crippen molar-refractivity contribution in [2.75, 3.05) is 17.6 Å². The van der Waals surface area contributed by atoms with Crippen LogP contribution in [0.25, 0.3) is 0 Å². The van der Waals surface area contributed by atoms with E-state index in [9.17, 15) is 8.78 Å². The lowest BCUT2D eigenvalue weighted by molar-refractivity contribution is 0.506. The van der Waals surface area contributed by atoms with Crippen LogP contribution in [0, 0.1) is 11.6 Å². The molecule has 2 rings (SSSR count). The van der Waals surface area contributed by atoms with Crippen molar-refractivity contribution in [1.29, 1.82) is 0 Å². The Kier molecular flexibility index (Phi) is 5.21. The lowest BCUT2D eigenvalue weighted by Gasteiger charge is -2.06. The van der Waals surface area contributed by atoms with Crippen LogP contribution in [0.15, 0.2) is 53.4 Å². The van der Waals surface area contributed by atoms with E-state index < -0.39 is 11.6 Å². The van der Waals surface area contributed by atoms with E-state index in [1.165, 1.54) is 23.9 Å². The highest BCUT2D eigenvalue weighted by Crippen LogP contribution is 2.21. The summed E-state index contributed by atoms with van der Waals surface area (Å²) in [7, 11) is 0. The van der Waals surface area contributed by atoms with Crippen LogP contribution in [0.3, 0.4) is 0 Å². The van der Waals surface area contributed by atoms with Gasteiger partial charge in [0.15, 0.2) is 11.6 Å². The van der Waals surface area contributed by atoms with Gasteiger partial charge in [-0.1, -0.05) is 18.2 Å². The maximum absolute atomic E-state index is 13.0. The number of hydrogen-bond donors (Lipinski definition) is 1. The molecule has 0 unspecified atom stereocenters. The Hall–Kier alpha value is -1.55. The fraction of sp³-hybridized carbons (Fsp3) is 0.200. The van der Waals surface area contributed by atoms with Gasteiger partial charge in [-0.3, -0.25) is 0 Å². The van der Waals surface area contributed by atoms with Gasteiger partial charge in [0.2, 0.25) is 0 Å². The fourth-order valence-corrected chi connectivity index (χ4v) is 2.49. The summed E-state index contributed by atoms with van der Waals surface area (Å²) < 4.78 is 25.7. The third-order valence-corrected chi connectivity index (χ3v) is 3.66. The largest absolute Gasteiger partial charge is 0.385 e. The van der Waals surface area contributed by atoms with Crippen LogP contribution in [0.1, 0.15) is 6.42 Å². The van der Waals surface area contributed by atoms with Crippen LogP contribution in [-0.2, 0) is 0 Å². The molecule has 0 saturated heterocycles. The van der Waals surface area contributed by atoms with Gasteiger partial charge in [0.1, 0.15) is 0 Å². The molecular formula is C15H15F2NS. The molecule has 0 aliphatic heterocycles. The molecule has 0 radical (unpaired) electrons. The minimum Gasteiger partial charge on any atom is -0.385 e. The Bertz CT molecular complexity index is 517. The van der Waals surface area contributed by atoms with Crippen molar-refractivity contribution < 1.29 is 8.78 Å². The van der Waals surface area contributed by atoms with Crippen LogP contribution in [-0.4, -0.2) is 12.3 Å². The van der Waals surface area contributed by atoms with E-state index in [0.29, 0.717) is 0 Å². The quantitative estimate of drug-likeness (QED) is 0.614. The fourth-order valence-electron chi connectivity index (χ4n) is 1.62. The van der Waals surface area contributed by atoms with Gasteiger partial charge in [0.25, 0.3) is 0 Å². The number of thioether (sulfide) groups is 1. The molecular weight excluding hydrogens is 264 g/mol. The molecule has 2 aromatic carbocycles. The van der Waals surface area contributed by atoms with Gasteiger partial charge in [-0.2, -0.15) is 0 Å². The highest BCUT2D eigenvalue weighted by molar-refractivity contribution is 7.99. The number of para-hydroxylation sites is 1. The summed E-state index contributed by atoms with van der Waals surface area (Å²) >= 11 is 1.53. The molecule has 0 atom stereocenters. The van der Waals surface area contributed by atoms with E-state index in [1.54, 1.807) is 6.07 Å². The number of anilines is 1. The topological polar surface area (TPSA) is 12.0 Å². The lowest BCUT2D eigenvalue weighted by atomic mass is 10.3. The summed E-state index contributed by atoms with van der Waals surface area (Å²) in [5.74, 6) is -0.715. The van der Waals surface area contributed by atoms with Crippen molar-refractivity contribution in [3.05, 3.63) is 60.2 Å². The van der Waals surface area contributed by atoms with Gasteiger partial charge in [-0.05, 0) is 42.5 Å². The zero-order chi connectivity index (χ0) is 13.5. The lowest BCUT2D eigenvalue weighted by Crippen LogP contribution is -2.02. The first kappa shape index (κ1) is 13.9. The van der Waals surface area contributed by atoms with Gasteiger partial charge in [-0.15, -0.1) is 11.8 Å². The molecule has 2 aromatic rings. The van der Waals surface area contributed by atoms with E-state index in [0.717, 1.165) is 29.3 Å². The first-order valence-corrected chi connectivity index (χ1v) is 7.11. The molecule has 1 nitrogen and oxygen atoms in total. The van der Waals surface area contributed by atoms with Crippen molar-refractivity contribution in [1.82, 2.24) is 0 Å². The highest BCUT2D eigenvalue weighted by atomic mass is 32.2. The summed E-state index contributed by atoms with van der Waals surface area (Å²) in [5, 5.41) is 3.30. The number of rotatable bonds is 6. The predicted molar refractivity (Wildman–Crippen MR) is 76.6 cm³/mol. The number of halogens is 2. The molecule has 0 heterocycles. The highest BCUT2D eigenvalue weighted by Gasteiger charge is 2.02. The first-order chi connectivity index (χ1) is 9.25.